The molecule has 27 heavy (non-hydrogen) atoms. The molecule has 0 aliphatic heterocycles. The van der Waals surface area contributed by atoms with Crippen LogP contribution in [0, 0.1) is 0 Å². The van der Waals surface area contributed by atoms with Crippen LogP contribution in [-0.2, 0) is 6.54 Å². The van der Waals surface area contributed by atoms with Crippen LogP contribution in [0.3, 0.4) is 0 Å². The molecular weight excluding hydrogens is 334 g/mol. The van der Waals surface area contributed by atoms with Crippen molar-refractivity contribution >= 4 is 11.7 Å². The van der Waals surface area contributed by atoms with Gasteiger partial charge in [-0.05, 0) is 17.7 Å². The van der Waals surface area contributed by atoms with Crippen molar-refractivity contribution in [1.29, 1.82) is 0 Å². The highest BCUT2D eigenvalue weighted by atomic mass is 16.2. The maximum absolute atomic E-state index is 13.0. The standard InChI is InChI=1S/C23H19N3O/c27-23(20-14-8-3-9-15-20)26-22(24-17-18-10-4-1-5-11-18)16-21(25-26)19-12-6-2-7-13-19/h1-16,24H,17H2. The Kier molecular flexibility index (Phi) is 4.79. The van der Waals surface area contributed by atoms with E-state index in [-0.39, 0.29) is 5.91 Å². The molecule has 1 N–H and O–H groups in total. The molecule has 0 aliphatic rings. The molecule has 0 saturated carbocycles. The molecule has 0 spiro atoms. The molecule has 0 radical (unpaired) electrons. The zero-order valence-corrected chi connectivity index (χ0v) is 14.7. The van der Waals surface area contributed by atoms with Gasteiger partial charge < -0.3 is 5.32 Å². The maximum atomic E-state index is 13.0. The Morgan fingerprint density at radius 3 is 2.07 bits per heavy atom. The van der Waals surface area contributed by atoms with Crippen molar-refractivity contribution in [3.05, 3.63) is 108 Å². The van der Waals surface area contributed by atoms with Crippen molar-refractivity contribution in [1.82, 2.24) is 9.78 Å². The summed E-state index contributed by atoms with van der Waals surface area (Å²) in [5, 5.41) is 7.92. The van der Waals surface area contributed by atoms with E-state index < -0.39 is 0 Å². The molecule has 0 unspecified atom stereocenters. The highest BCUT2D eigenvalue weighted by Gasteiger charge is 2.16. The predicted octanol–water partition coefficient (Wildman–Crippen LogP) is 4.85. The number of carbonyl (C=O) groups is 1. The second kappa shape index (κ2) is 7.70. The summed E-state index contributed by atoms with van der Waals surface area (Å²) in [7, 11) is 0. The zero-order valence-electron chi connectivity index (χ0n) is 14.7. The van der Waals surface area contributed by atoms with Crippen molar-refractivity contribution in [3.63, 3.8) is 0 Å². The largest absolute Gasteiger partial charge is 0.366 e. The van der Waals surface area contributed by atoms with Gasteiger partial charge in [-0.25, -0.2) is 0 Å². The summed E-state index contributed by atoms with van der Waals surface area (Å²) in [4.78, 5) is 13.0. The van der Waals surface area contributed by atoms with Crippen LogP contribution in [0.2, 0.25) is 0 Å². The van der Waals surface area contributed by atoms with Crippen LogP contribution in [0.4, 0.5) is 5.82 Å². The number of carbonyl (C=O) groups excluding carboxylic acids is 1. The highest BCUT2D eigenvalue weighted by molar-refractivity contribution is 5.97. The van der Waals surface area contributed by atoms with Gasteiger partial charge in [0.15, 0.2) is 0 Å². The smallest absolute Gasteiger partial charge is 0.280 e. The van der Waals surface area contributed by atoms with Gasteiger partial charge >= 0.3 is 0 Å². The highest BCUT2D eigenvalue weighted by Crippen LogP contribution is 2.23. The summed E-state index contributed by atoms with van der Waals surface area (Å²) in [5.74, 6) is 0.514. The Morgan fingerprint density at radius 1 is 0.815 bits per heavy atom. The van der Waals surface area contributed by atoms with E-state index in [0.29, 0.717) is 17.9 Å². The minimum absolute atomic E-state index is 0.159. The number of aromatic nitrogens is 2. The third-order valence-corrected chi connectivity index (χ3v) is 4.31. The Bertz CT molecular complexity index is 1030. The van der Waals surface area contributed by atoms with Gasteiger partial charge in [0.25, 0.3) is 5.91 Å². The lowest BCUT2D eigenvalue weighted by molar-refractivity contribution is 0.0948. The fourth-order valence-corrected chi connectivity index (χ4v) is 2.90. The molecule has 4 nitrogen and oxygen atoms in total. The fraction of sp³-hybridized carbons (Fsp3) is 0.0435. The first-order valence-electron chi connectivity index (χ1n) is 8.84. The molecule has 0 amide bonds. The van der Waals surface area contributed by atoms with E-state index in [2.05, 4.69) is 10.4 Å². The first kappa shape index (κ1) is 16.8. The number of nitrogens with one attached hydrogen (secondary N) is 1. The van der Waals surface area contributed by atoms with Crippen molar-refractivity contribution in [2.75, 3.05) is 5.32 Å². The monoisotopic (exact) mass is 353 g/mol. The Hall–Kier alpha value is -3.66. The summed E-state index contributed by atoms with van der Waals surface area (Å²) >= 11 is 0. The van der Waals surface area contributed by atoms with Gasteiger partial charge in [-0.3, -0.25) is 4.79 Å². The van der Waals surface area contributed by atoms with E-state index in [1.165, 1.54) is 4.68 Å². The molecular formula is C23H19N3O. The molecule has 1 aromatic heterocycles. The molecule has 4 rings (SSSR count). The van der Waals surface area contributed by atoms with Crippen molar-refractivity contribution in [3.8, 4) is 11.3 Å². The molecule has 0 saturated heterocycles. The summed E-state index contributed by atoms with van der Waals surface area (Å²) in [5.41, 5.74) is 3.47. The average molecular weight is 353 g/mol. The summed E-state index contributed by atoms with van der Waals surface area (Å²) < 4.78 is 1.45. The van der Waals surface area contributed by atoms with Crippen LogP contribution >= 0.6 is 0 Å². The Labute approximate surface area is 158 Å². The summed E-state index contributed by atoms with van der Waals surface area (Å²) in [6.07, 6.45) is 0. The molecule has 4 aromatic rings. The Balaban J connectivity index is 1.69. The lowest BCUT2D eigenvalue weighted by Crippen LogP contribution is -2.17. The molecule has 1 heterocycles. The van der Waals surface area contributed by atoms with E-state index >= 15 is 0 Å². The van der Waals surface area contributed by atoms with Crippen LogP contribution in [0.25, 0.3) is 11.3 Å². The van der Waals surface area contributed by atoms with E-state index in [1.807, 2.05) is 84.9 Å². The normalized spacial score (nSPS) is 10.5. The zero-order chi connectivity index (χ0) is 18.5. The lowest BCUT2D eigenvalue weighted by atomic mass is 10.1. The predicted molar refractivity (Wildman–Crippen MR) is 108 cm³/mol. The summed E-state index contributed by atoms with van der Waals surface area (Å²) in [6, 6.07) is 31.1. The van der Waals surface area contributed by atoms with Crippen LogP contribution in [0.15, 0.2) is 97.1 Å². The van der Waals surface area contributed by atoms with Gasteiger partial charge in [0.2, 0.25) is 0 Å². The van der Waals surface area contributed by atoms with Gasteiger partial charge in [-0.2, -0.15) is 9.78 Å². The van der Waals surface area contributed by atoms with Crippen LogP contribution in [0.5, 0.6) is 0 Å². The van der Waals surface area contributed by atoms with Gasteiger partial charge in [0.1, 0.15) is 5.82 Å². The number of benzene rings is 3. The van der Waals surface area contributed by atoms with E-state index in [0.717, 1.165) is 16.8 Å². The third kappa shape index (κ3) is 3.80. The van der Waals surface area contributed by atoms with Gasteiger partial charge in [0, 0.05) is 23.7 Å². The molecule has 0 bridgehead atoms. The fourth-order valence-electron chi connectivity index (χ4n) is 2.90. The average Bonchev–Trinajstić information content (AvgIpc) is 3.18. The molecule has 0 fully saturated rings. The number of nitrogens with zero attached hydrogens (tertiary/aromatic N) is 2. The van der Waals surface area contributed by atoms with E-state index in [4.69, 9.17) is 0 Å². The number of hydrogen-bond acceptors (Lipinski definition) is 3. The second-order valence-electron chi connectivity index (χ2n) is 6.20. The minimum atomic E-state index is -0.159. The lowest BCUT2D eigenvalue weighted by Gasteiger charge is -2.09. The molecule has 4 heteroatoms. The minimum Gasteiger partial charge on any atom is -0.366 e. The molecule has 3 aromatic carbocycles. The third-order valence-electron chi connectivity index (χ3n) is 4.31. The van der Waals surface area contributed by atoms with E-state index in [1.54, 1.807) is 12.1 Å². The van der Waals surface area contributed by atoms with Crippen molar-refractivity contribution in [2.45, 2.75) is 6.54 Å². The first-order chi connectivity index (χ1) is 13.3. The molecule has 0 atom stereocenters. The van der Waals surface area contributed by atoms with Crippen LogP contribution in [0.1, 0.15) is 15.9 Å². The topological polar surface area (TPSA) is 46.9 Å². The number of rotatable bonds is 5. The van der Waals surface area contributed by atoms with Crippen LogP contribution in [-0.4, -0.2) is 15.7 Å². The van der Waals surface area contributed by atoms with Crippen molar-refractivity contribution in [2.24, 2.45) is 0 Å². The van der Waals surface area contributed by atoms with Crippen molar-refractivity contribution < 1.29 is 4.79 Å². The van der Waals surface area contributed by atoms with Gasteiger partial charge in [0.05, 0.1) is 5.69 Å². The SMILES string of the molecule is O=C(c1ccccc1)n1nc(-c2ccccc2)cc1NCc1ccccc1. The first-order valence-corrected chi connectivity index (χ1v) is 8.84. The summed E-state index contributed by atoms with van der Waals surface area (Å²) in [6.45, 7) is 0.614. The van der Waals surface area contributed by atoms with Crippen LogP contribution < -0.4 is 5.32 Å². The van der Waals surface area contributed by atoms with Gasteiger partial charge in [-0.15, -0.1) is 0 Å². The Morgan fingerprint density at radius 2 is 1.41 bits per heavy atom. The number of anilines is 1. The molecule has 132 valence electrons. The van der Waals surface area contributed by atoms with E-state index in [9.17, 15) is 4.79 Å². The number of hydrogen-bond donors (Lipinski definition) is 1. The quantitative estimate of drug-likeness (QED) is 0.558. The second-order valence-corrected chi connectivity index (χ2v) is 6.20. The molecule has 0 aliphatic carbocycles. The maximum Gasteiger partial charge on any atom is 0.280 e. The van der Waals surface area contributed by atoms with Gasteiger partial charge in [-0.1, -0.05) is 78.9 Å².